The lowest BCUT2D eigenvalue weighted by Gasteiger charge is -2.22. The van der Waals surface area contributed by atoms with E-state index in [2.05, 4.69) is 61.1 Å². The molecule has 2 aromatic heterocycles. The van der Waals surface area contributed by atoms with Crippen LogP contribution >= 0.6 is 0 Å². The first-order valence-electron chi connectivity index (χ1n) is 10.7. The molecule has 2 unspecified atom stereocenters. The van der Waals surface area contributed by atoms with Crippen LogP contribution in [0.1, 0.15) is 31.9 Å². The minimum absolute atomic E-state index is 0.0721. The summed E-state index contributed by atoms with van der Waals surface area (Å²) in [5, 5.41) is 13.0. The topological polar surface area (TPSA) is 79.1 Å². The van der Waals surface area contributed by atoms with Crippen molar-refractivity contribution < 1.29 is 5.11 Å². The van der Waals surface area contributed by atoms with Crippen LogP contribution in [0.5, 0.6) is 0 Å². The third-order valence-electron chi connectivity index (χ3n) is 6.78. The number of hydrogen-bond acceptors (Lipinski definition) is 6. The van der Waals surface area contributed by atoms with Gasteiger partial charge in [0, 0.05) is 32.4 Å². The van der Waals surface area contributed by atoms with Gasteiger partial charge in [-0.2, -0.15) is 9.97 Å². The van der Waals surface area contributed by atoms with Crippen LogP contribution in [0.4, 0.5) is 17.5 Å². The number of nitrogens with zero attached hydrogens (tertiary/aromatic N) is 5. The summed E-state index contributed by atoms with van der Waals surface area (Å²) in [4.78, 5) is 16.4. The summed E-state index contributed by atoms with van der Waals surface area (Å²) >= 11 is 0. The van der Waals surface area contributed by atoms with E-state index in [-0.39, 0.29) is 5.41 Å². The minimum atomic E-state index is 0.0721. The lowest BCUT2D eigenvalue weighted by molar-refractivity contribution is 0.260. The van der Waals surface area contributed by atoms with Gasteiger partial charge in [-0.25, -0.2) is 4.98 Å². The van der Waals surface area contributed by atoms with Crippen LogP contribution in [-0.4, -0.2) is 44.3 Å². The first kappa shape index (κ1) is 19.3. The Hall–Kier alpha value is -2.67. The Labute approximate surface area is 177 Å². The number of piperidine rings is 1. The first-order valence-corrected chi connectivity index (χ1v) is 10.7. The SMILES string of the molecule is Cc1ccc(C(C)(C)C)cc1Nc1nc(N2CC3C(CO)C3C2)nc2ncn(C)c12. The highest BCUT2D eigenvalue weighted by Gasteiger charge is 2.55. The van der Waals surface area contributed by atoms with Gasteiger partial charge in [-0.15, -0.1) is 0 Å². The quantitative estimate of drug-likeness (QED) is 0.691. The van der Waals surface area contributed by atoms with Crippen LogP contribution in [0.25, 0.3) is 11.2 Å². The Morgan fingerprint density at radius 1 is 1.17 bits per heavy atom. The first-order chi connectivity index (χ1) is 14.3. The van der Waals surface area contributed by atoms with Gasteiger partial charge >= 0.3 is 0 Å². The van der Waals surface area contributed by atoms with Gasteiger partial charge in [-0.1, -0.05) is 32.9 Å². The van der Waals surface area contributed by atoms with Crippen molar-refractivity contribution in [1.29, 1.82) is 0 Å². The van der Waals surface area contributed by atoms with Crippen molar-refractivity contribution >= 4 is 28.6 Å². The number of imidazole rings is 1. The molecule has 2 aliphatic rings. The second-order valence-corrected chi connectivity index (χ2v) is 9.88. The number of rotatable bonds is 4. The number of aliphatic hydroxyl groups is 1. The molecule has 30 heavy (non-hydrogen) atoms. The van der Waals surface area contributed by atoms with E-state index >= 15 is 0 Å². The van der Waals surface area contributed by atoms with Crippen molar-refractivity contribution in [2.45, 2.75) is 33.1 Å². The second-order valence-electron chi connectivity index (χ2n) is 9.88. The molecule has 0 amide bonds. The second kappa shape index (κ2) is 6.67. The van der Waals surface area contributed by atoms with Crippen LogP contribution in [0, 0.1) is 24.7 Å². The molecular weight excluding hydrogens is 376 g/mol. The minimum Gasteiger partial charge on any atom is -0.396 e. The highest BCUT2D eigenvalue weighted by atomic mass is 16.3. The van der Waals surface area contributed by atoms with Gasteiger partial charge in [0.15, 0.2) is 11.5 Å². The number of aryl methyl sites for hydroxylation is 2. The summed E-state index contributed by atoms with van der Waals surface area (Å²) < 4.78 is 1.97. The molecule has 7 heteroatoms. The molecule has 0 bridgehead atoms. The Kier molecular flexibility index (Phi) is 4.29. The fourth-order valence-electron chi connectivity index (χ4n) is 4.71. The predicted molar refractivity (Wildman–Crippen MR) is 119 cm³/mol. The zero-order valence-electron chi connectivity index (χ0n) is 18.3. The summed E-state index contributed by atoms with van der Waals surface area (Å²) in [6.45, 7) is 10.9. The van der Waals surface area contributed by atoms with Crippen LogP contribution in [0.2, 0.25) is 0 Å². The summed E-state index contributed by atoms with van der Waals surface area (Å²) in [7, 11) is 1.97. The highest BCUT2D eigenvalue weighted by Crippen LogP contribution is 2.51. The molecule has 1 aliphatic heterocycles. The van der Waals surface area contributed by atoms with E-state index in [1.54, 1.807) is 6.33 Å². The molecule has 5 rings (SSSR count). The average Bonchev–Trinajstić information content (AvgIpc) is 3.00. The standard InChI is InChI=1S/C23H30N6O/c1-13-6-7-14(23(2,3)4)8-18(13)25-21-19-20(24-12-28(19)5)26-22(27-21)29-9-15-16(10-29)17(15)11-30/h6-8,12,15-17,30H,9-11H2,1-5H3,(H,25,26,27). The van der Waals surface area contributed by atoms with E-state index in [1.807, 2.05) is 11.6 Å². The smallest absolute Gasteiger partial charge is 0.229 e. The monoisotopic (exact) mass is 406 g/mol. The molecule has 3 heterocycles. The van der Waals surface area contributed by atoms with Crippen LogP contribution in [-0.2, 0) is 12.5 Å². The van der Waals surface area contributed by atoms with Crippen molar-refractivity contribution in [1.82, 2.24) is 19.5 Å². The summed E-state index contributed by atoms with van der Waals surface area (Å²) in [5.41, 5.74) is 5.18. The van der Waals surface area contributed by atoms with E-state index in [4.69, 9.17) is 9.97 Å². The van der Waals surface area contributed by atoms with Crippen molar-refractivity contribution in [2.24, 2.45) is 24.8 Å². The number of nitrogens with one attached hydrogen (secondary N) is 1. The number of anilines is 3. The molecule has 3 aromatic rings. The third-order valence-corrected chi connectivity index (χ3v) is 6.78. The van der Waals surface area contributed by atoms with Crippen molar-refractivity contribution in [2.75, 3.05) is 29.9 Å². The highest BCUT2D eigenvalue weighted by molar-refractivity contribution is 5.87. The zero-order valence-corrected chi connectivity index (χ0v) is 18.3. The number of fused-ring (bicyclic) bond motifs is 2. The van der Waals surface area contributed by atoms with Gasteiger partial charge in [-0.3, -0.25) is 0 Å². The maximum atomic E-state index is 9.45. The molecule has 2 atom stereocenters. The molecular formula is C23H30N6O. The van der Waals surface area contributed by atoms with Gasteiger partial charge in [0.25, 0.3) is 0 Å². The van der Waals surface area contributed by atoms with Crippen LogP contribution in [0.15, 0.2) is 24.5 Å². The molecule has 2 fully saturated rings. The maximum Gasteiger partial charge on any atom is 0.229 e. The van der Waals surface area contributed by atoms with E-state index in [0.717, 1.165) is 36.1 Å². The van der Waals surface area contributed by atoms with E-state index in [0.29, 0.717) is 30.0 Å². The number of aromatic nitrogens is 4. The fraction of sp³-hybridized carbons (Fsp3) is 0.522. The molecule has 1 aromatic carbocycles. The van der Waals surface area contributed by atoms with Gasteiger partial charge in [-0.05, 0) is 47.3 Å². The van der Waals surface area contributed by atoms with Crippen LogP contribution < -0.4 is 10.2 Å². The van der Waals surface area contributed by atoms with Gasteiger partial charge < -0.3 is 19.9 Å². The number of aliphatic hydroxyl groups excluding tert-OH is 1. The summed E-state index contributed by atoms with van der Waals surface area (Å²) in [6, 6.07) is 6.57. The summed E-state index contributed by atoms with van der Waals surface area (Å²) in [6.07, 6.45) is 1.79. The molecule has 2 N–H and O–H groups in total. The lowest BCUT2D eigenvalue weighted by Crippen LogP contribution is -2.27. The summed E-state index contributed by atoms with van der Waals surface area (Å²) in [5.74, 6) is 3.10. The molecule has 1 aliphatic carbocycles. The van der Waals surface area contributed by atoms with Gasteiger partial charge in [0.2, 0.25) is 5.95 Å². The largest absolute Gasteiger partial charge is 0.396 e. The molecule has 1 saturated carbocycles. The Bertz CT molecular complexity index is 1100. The Morgan fingerprint density at radius 3 is 2.57 bits per heavy atom. The van der Waals surface area contributed by atoms with Gasteiger partial charge in [0.1, 0.15) is 5.52 Å². The Balaban J connectivity index is 1.52. The van der Waals surface area contributed by atoms with Crippen molar-refractivity contribution in [3.8, 4) is 0 Å². The van der Waals surface area contributed by atoms with E-state index in [1.165, 1.54) is 11.1 Å². The molecule has 0 radical (unpaired) electrons. The average molecular weight is 407 g/mol. The molecule has 7 nitrogen and oxygen atoms in total. The number of hydrogen-bond donors (Lipinski definition) is 2. The molecule has 158 valence electrons. The number of benzene rings is 1. The molecule has 0 spiro atoms. The van der Waals surface area contributed by atoms with E-state index in [9.17, 15) is 5.11 Å². The molecule has 1 saturated heterocycles. The maximum absolute atomic E-state index is 9.45. The van der Waals surface area contributed by atoms with Gasteiger partial charge in [0.05, 0.1) is 6.33 Å². The predicted octanol–water partition coefficient (Wildman–Crippen LogP) is 3.39. The normalized spacial score (nSPS) is 23.1. The Morgan fingerprint density at radius 2 is 1.90 bits per heavy atom. The fourth-order valence-corrected chi connectivity index (χ4v) is 4.71. The lowest BCUT2D eigenvalue weighted by atomic mass is 9.86. The van der Waals surface area contributed by atoms with Crippen LogP contribution in [0.3, 0.4) is 0 Å². The van der Waals surface area contributed by atoms with Crippen molar-refractivity contribution in [3.05, 3.63) is 35.7 Å². The third kappa shape index (κ3) is 3.12. The van der Waals surface area contributed by atoms with Crippen molar-refractivity contribution in [3.63, 3.8) is 0 Å². The zero-order chi connectivity index (χ0) is 21.2. The van der Waals surface area contributed by atoms with E-state index < -0.39 is 0 Å².